The Labute approximate surface area is 130 Å². The number of hydrogen-bond acceptors (Lipinski definition) is 2. The fourth-order valence-corrected chi connectivity index (χ4v) is 3.13. The number of carbonyl (C=O) groups is 1. The van der Waals surface area contributed by atoms with Crippen LogP contribution in [-0.2, 0) is 16.8 Å². The largest absolute Gasteiger partial charge is 0.368 e. The third-order valence-corrected chi connectivity index (χ3v) is 4.45. The summed E-state index contributed by atoms with van der Waals surface area (Å²) in [5.41, 5.74) is 7.08. The van der Waals surface area contributed by atoms with Crippen LogP contribution < -0.4 is 11.1 Å². The maximum atomic E-state index is 13.3. The molecule has 0 fully saturated rings. The van der Waals surface area contributed by atoms with Gasteiger partial charge in [-0.1, -0.05) is 22.0 Å². The molecule has 1 amide bonds. The van der Waals surface area contributed by atoms with Gasteiger partial charge in [-0.2, -0.15) is 0 Å². The third kappa shape index (κ3) is 2.42. The molecule has 108 valence electrons. The van der Waals surface area contributed by atoms with E-state index in [4.69, 9.17) is 5.73 Å². The zero-order chi connectivity index (χ0) is 15.0. The number of fused-ring (bicyclic) bond motifs is 1. The molecule has 0 aliphatic heterocycles. The number of aryl methyl sites for hydroxylation is 1. The maximum absolute atomic E-state index is 13.3. The molecule has 0 saturated heterocycles. The van der Waals surface area contributed by atoms with Gasteiger partial charge in [0.15, 0.2) is 0 Å². The first kappa shape index (κ1) is 14.1. The SMILES string of the molecule is NC(=O)C1(Nc2ccc(Br)cc2)CCc2cc(F)ccc21. The van der Waals surface area contributed by atoms with Crippen LogP contribution in [0.5, 0.6) is 0 Å². The van der Waals surface area contributed by atoms with Crippen molar-refractivity contribution in [3.8, 4) is 0 Å². The molecule has 2 aromatic rings. The minimum Gasteiger partial charge on any atom is -0.368 e. The summed E-state index contributed by atoms with van der Waals surface area (Å²) in [7, 11) is 0. The highest BCUT2D eigenvalue weighted by Gasteiger charge is 2.44. The van der Waals surface area contributed by atoms with Crippen molar-refractivity contribution in [2.45, 2.75) is 18.4 Å². The Morgan fingerprint density at radius 3 is 2.62 bits per heavy atom. The number of benzene rings is 2. The van der Waals surface area contributed by atoms with Gasteiger partial charge in [0.25, 0.3) is 0 Å². The van der Waals surface area contributed by atoms with E-state index in [1.54, 1.807) is 6.07 Å². The summed E-state index contributed by atoms with van der Waals surface area (Å²) in [6.45, 7) is 0. The molecule has 0 saturated carbocycles. The number of carbonyl (C=O) groups excluding carboxylic acids is 1. The Kier molecular flexibility index (Phi) is 3.45. The van der Waals surface area contributed by atoms with Crippen molar-refractivity contribution in [3.63, 3.8) is 0 Å². The van der Waals surface area contributed by atoms with Crippen molar-refractivity contribution in [3.05, 3.63) is 63.9 Å². The quantitative estimate of drug-likeness (QED) is 0.893. The summed E-state index contributed by atoms with van der Waals surface area (Å²) < 4.78 is 14.3. The molecule has 3 nitrogen and oxygen atoms in total. The van der Waals surface area contributed by atoms with Crippen LogP contribution in [0.25, 0.3) is 0 Å². The molecule has 0 radical (unpaired) electrons. The van der Waals surface area contributed by atoms with Crippen LogP contribution in [0.3, 0.4) is 0 Å². The van der Waals surface area contributed by atoms with Crippen LogP contribution >= 0.6 is 15.9 Å². The van der Waals surface area contributed by atoms with Crippen LogP contribution in [0, 0.1) is 5.82 Å². The standard InChI is InChI=1S/C16H14BrFN2O/c17-11-1-4-13(5-2-11)20-16(15(19)21)8-7-10-9-12(18)3-6-14(10)16/h1-6,9,20H,7-8H2,(H2,19,21). The van der Waals surface area contributed by atoms with Gasteiger partial charge in [-0.25, -0.2) is 4.39 Å². The Morgan fingerprint density at radius 2 is 1.95 bits per heavy atom. The van der Waals surface area contributed by atoms with Gasteiger partial charge in [0, 0.05) is 10.2 Å². The summed E-state index contributed by atoms with van der Waals surface area (Å²) >= 11 is 3.37. The Hall–Kier alpha value is -1.88. The van der Waals surface area contributed by atoms with Gasteiger partial charge in [0.1, 0.15) is 11.4 Å². The second-order valence-electron chi connectivity index (χ2n) is 5.20. The lowest BCUT2D eigenvalue weighted by Gasteiger charge is -2.29. The number of nitrogens with one attached hydrogen (secondary N) is 1. The van der Waals surface area contributed by atoms with Crippen molar-refractivity contribution >= 4 is 27.5 Å². The molecule has 1 aliphatic carbocycles. The first-order valence-electron chi connectivity index (χ1n) is 6.64. The lowest BCUT2D eigenvalue weighted by molar-refractivity contribution is -0.122. The van der Waals surface area contributed by atoms with Crippen molar-refractivity contribution < 1.29 is 9.18 Å². The molecule has 2 aromatic carbocycles. The number of hydrogen-bond donors (Lipinski definition) is 2. The average Bonchev–Trinajstić information content (AvgIpc) is 2.81. The monoisotopic (exact) mass is 348 g/mol. The molecule has 3 N–H and O–H groups in total. The number of rotatable bonds is 3. The smallest absolute Gasteiger partial charge is 0.247 e. The number of primary amides is 1. The highest BCUT2D eigenvalue weighted by molar-refractivity contribution is 9.10. The Bertz CT molecular complexity index is 702. The lowest BCUT2D eigenvalue weighted by atomic mass is 9.90. The van der Waals surface area contributed by atoms with E-state index in [1.807, 2.05) is 24.3 Å². The maximum Gasteiger partial charge on any atom is 0.247 e. The molecular formula is C16H14BrFN2O. The van der Waals surface area contributed by atoms with Crippen LogP contribution in [0.15, 0.2) is 46.9 Å². The molecule has 0 bridgehead atoms. The van der Waals surface area contributed by atoms with Gasteiger partial charge in [0.2, 0.25) is 5.91 Å². The molecule has 1 aliphatic rings. The number of nitrogens with two attached hydrogens (primary N) is 1. The number of amides is 1. The highest BCUT2D eigenvalue weighted by Crippen LogP contribution is 2.40. The van der Waals surface area contributed by atoms with Gasteiger partial charge in [-0.05, 0) is 60.4 Å². The van der Waals surface area contributed by atoms with Crippen molar-refractivity contribution in [1.29, 1.82) is 0 Å². The summed E-state index contributed by atoms with van der Waals surface area (Å²) in [4.78, 5) is 12.1. The van der Waals surface area contributed by atoms with E-state index in [2.05, 4.69) is 21.2 Å². The summed E-state index contributed by atoms with van der Waals surface area (Å²) in [5, 5.41) is 3.24. The van der Waals surface area contributed by atoms with Gasteiger partial charge in [-0.15, -0.1) is 0 Å². The van der Waals surface area contributed by atoms with E-state index in [1.165, 1.54) is 12.1 Å². The van der Waals surface area contributed by atoms with Crippen molar-refractivity contribution in [2.24, 2.45) is 5.73 Å². The third-order valence-electron chi connectivity index (χ3n) is 3.92. The molecule has 3 rings (SSSR count). The number of halogens is 2. The van der Waals surface area contributed by atoms with Gasteiger partial charge >= 0.3 is 0 Å². The van der Waals surface area contributed by atoms with E-state index in [0.717, 1.165) is 21.3 Å². The fraction of sp³-hybridized carbons (Fsp3) is 0.188. The van der Waals surface area contributed by atoms with E-state index < -0.39 is 11.4 Å². The van der Waals surface area contributed by atoms with Crippen LogP contribution in [0.4, 0.5) is 10.1 Å². The van der Waals surface area contributed by atoms with Crippen LogP contribution in [0.2, 0.25) is 0 Å². The second kappa shape index (κ2) is 5.15. The van der Waals surface area contributed by atoms with E-state index in [0.29, 0.717) is 12.8 Å². The lowest BCUT2D eigenvalue weighted by Crippen LogP contribution is -2.46. The zero-order valence-corrected chi connectivity index (χ0v) is 12.8. The molecule has 1 atom stereocenters. The number of anilines is 1. The molecule has 0 spiro atoms. The van der Waals surface area contributed by atoms with Crippen molar-refractivity contribution in [1.82, 2.24) is 0 Å². The minimum atomic E-state index is -0.975. The summed E-state index contributed by atoms with van der Waals surface area (Å²) in [6, 6.07) is 12.0. The predicted octanol–water partition coefficient (Wildman–Crippen LogP) is 3.33. The zero-order valence-electron chi connectivity index (χ0n) is 11.2. The molecule has 1 unspecified atom stereocenters. The van der Waals surface area contributed by atoms with Gasteiger partial charge in [0.05, 0.1) is 0 Å². The predicted molar refractivity (Wildman–Crippen MR) is 83.4 cm³/mol. The normalized spacial score (nSPS) is 20.1. The van der Waals surface area contributed by atoms with Gasteiger partial charge in [-0.3, -0.25) is 4.79 Å². The summed E-state index contributed by atoms with van der Waals surface area (Å²) in [6.07, 6.45) is 1.15. The second-order valence-corrected chi connectivity index (χ2v) is 6.12. The summed E-state index contributed by atoms with van der Waals surface area (Å²) in [5.74, 6) is -0.742. The van der Waals surface area contributed by atoms with Crippen LogP contribution in [-0.4, -0.2) is 5.91 Å². The molecule has 21 heavy (non-hydrogen) atoms. The Morgan fingerprint density at radius 1 is 1.24 bits per heavy atom. The molecular weight excluding hydrogens is 335 g/mol. The average molecular weight is 349 g/mol. The molecule has 0 aromatic heterocycles. The topological polar surface area (TPSA) is 55.1 Å². The molecule has 5 heteroatoms. The first-order chi connectivity index (χ1) is 10.0. The minimum absolute atomic E-state index is 0.294. The van der Waals surface area contributed by atoms with E-state index >= 15 is 0 Å². The van der Waals surface area contributed by atoms with E-state index in [9.17, 15) is 9.18 Å². The highest BCUT2D eigenvalue weighted by atomic mass is 79.9. The molecule has 0 heterocycles. The van der Waals surface area contributed by atoms with Crippen LogP contribution in [0.1, 0.15) is 17.5 Å². The Balaban J connectivity index is 2.03. The fourth-order valence-electron chi connectivity index (χ4n) is 2.87. The first-order valence-corrected chi connectivity index (χ1v) is 7.43. The van der Waals surface area contributed by atoms with Gasteiger partial charge < -0.3 is 11.1 Å². The van der Waals surface area contributed by atoms with Crippen molar-refractivity contribution in [2.75, 3.05) is 5.32 Å². The van der Waals surface area contributed by atoms with E-state index in [-0.39, 0.29) is 5.82 Å².